The number of nitrogen functional groups attached to an aromatic ring is 1. The number of aromatic nitrogens is 2. The summed E-state index contributed by atoms with van der Waals surface area (Å²) in [5.74, 6) is 0.105. The molecule has 2 aromatic carbocycles. The van der Waals surface area contributed by atoms with E-state index in [4.69, 9.17) is 5.73 Å². The van der Waals surface area contributed by atoms with Gasteiger partial charge in [0.15, 0.2) is 0 Å². The number of rotatable bonds is 5. The molecule has 0 amide bonds. The Labute approximate surface area is 172 Å². The summed E-state index contributed by atoms with van der Waals surface area (Å²) in [6, 6.07) is 17.6. The summed E-state index contributed by atoms with van der Waals surface area (Å²) in [6.45, 7) is 0. The molecule has 9 nitrogen and oxygen atoms in total. The minimum absolute atomic E-state index is 0.0612. The van der Waals surface area contributed by atoms with Crippen LogP contribution in [-0.2, 0) is 0 Å². The molecule has 0 saturated carbocycles. The molecular formula is C21H17N7O2. The van der Waals surface area contributed by atoms with Gasteiger partial charge in [-0.05, 0) is 29.8 Å². The fourth-order valence-electron chi connectivity index (χ4n) is 2.97. The highest BCUT2D eigenvalue weighted by Gasteiger charge is 2.21. The van der Waals surface area contributed by atoms with Crippen molar-refractivity contribution in [1.82, 2.24) is 9.78 Å². The number of nitro groups is 1. The van der Waals surface area contributed by atoms with Crippen molar-refractivity contribution >= 4 is 28.8 Å². The van der Waals surface area contributed by atoms with Gasteiger partial charge in [-0.3, -0.25) is 10.1 Å². The van der Waals surface area contributed by atoms with E-state index in [0.717, 1.165) is 0 Å². The average molecular weight is 399 g/mol. The van der Waals surface area contributed by atoms with Gasteiger partial charge in [0.2, 0.25) is 0 Å². The van der Waals surface area contributed by atoms with Crippen molar-refractivity contribution in [2.75, 3.05) is 24.7 Å². The predicted molar refractivity (Wildman–Crippen MR) is 114 cm³/mol. The van der Waals surface area contributed by atoms with E-state index in [2.05, 4.69) is 5.10 Å². The quantitative estimate of drug-likeness (QED) is 0.394. The predicted octanol–water partition coefficient (Wildman–Crippen LogP) is 3.36. The lowest BCUT2D eigenvalue weighted by Gasteiger charge is -2.12. The Morgan fingerprint density at radius 3 is 2.50 bits per heavy atom. The molecule has 148 valence electrons. The first kappa shape index (κ1) is 20.1. The summed E-state index contributed by atoms with van der Waals surface area (Å²) in [4.78, 5) is 12.6. The molecule has 0 saturated heterocycles. The second-order valence-corrected chi connectivity index (χ2v) is 6.54. The molecule has 0 aliphatic carbocycles. The van der Waals surface area contributed by atoms with Crippen LogP contribution in [0.5, 0.6) is 0 Å². The fourth-order valence-corrected chi connectivity index (χ4v) is 2.97. The molecule has 0 fully saturated rings. The molecule has 3 aromatic rings. The minimum atomic E-state index is -0.485. The third-order valence-electron chi connectivity index (χ3n) is 4.40. The summed E-state index contributed by atoms with van der Waals surface area (Å²) >= 11 is 0. The van der Waals surface area contributed by atoms with Crippen molar-refractivity contribution < 1.29 is 4.92 Å². The maximum atomic E-state index is 11.4. The van der Waals surface area contributed by atoms with E-state index in [1.807, 2.05) is 18.2 Å². The zero-order valence-electron chi connectivity index (χ0n) is 16.3. The van der Waals surface area contributed by atoms with Crippen LogP contribution in [0.2, 0.25) is 0 Å². The number of nitriles is 2. The van der Waals surface area contributed by atoms with Crippen LogP contribution in [-0.4, -0.2) is 28.8 Å². The minimum Gasteiger partial charge on any atom is -0.382 e. The van der Waals surface area contributed by atoms with Crippen molar-refractivity contribution in [2.24, 2.45) is 0 Å². The highest BCUT2D eigenvalue weighted by molar-refractivity contribution is 5.92. The summed E-state index contributed by atoms with van der Waals surface area (Å²) in [6.07, 6.45) is 1.45. The molecule has 0 bridgehead atoms. The average Bonchev–Trinajstić information content (AvgIpc) is 3.08. The molecule has 0 spiro atoms. The topological polar surface area (TPSA) is 138 Å². The van der Waals surface area contributed by atoms with E-state index in [-0.39, 0.29) is 28.3 Å². The van der Waals surface area contributed by atoms with E-state index >= 15 is 0 Å². The third kappa shape index (κ3) is 3.68. The van der Waals surface area contributed by atoms with E-state index in [1.54, 1.807) is 55.4 Å². The van der Waals surface area contributed by atoms with Crippen LogP contribution in [0.3, 0.4) is 0 Å². The molecule has 0 aliphatic rings. The van der Waals surface area contributed by atoms with Crippen molar-refractivity contribution in [3.63, 3.8) is 0 Å². The molecule has 1 aromatic heterocycles. The van der Waals surface area contributed by atoms with Crippen LogP contribution < -0.4 is 10.6 Å². The van der Waals surface area contributed by atoms with Crippen LogP contribution in [0.4, 0.5) is 17.2 Å². The van der Waals surface area contributed by atoms with Crippen molar-refractivity contribution in [2.45, 2.75) is 0 Å². The fraction of sp³-hybridized carbons (Fsp3) is 0.0952. The van der Waals surface area contributed by atoms with Gasteiger partial charge >= 0.3 is 0 Å². The lowest BCUT2D eigenvalue weighted by molar-refractivity contribution is -0.384. The first-order chi connectivity index (χ1) is 14.4. The highest BCUT2D eigenvalue weighted by atomic mass is 16.6. The van der Waals surface area contributed by atoms with Crippen LogP contribution >= 0.6 is 0 Å². The smallest absolute Gasteiger partial charge is 0.293 e. The van der Waals surface area contributed by atoms with Crippen LogP contribution in [0.1, 0.15) is 16.8 Å². The summed E-state index contributed by atoms with van der Waals surface area (Å²) in [7, 11) is 3.41. The first-order valence-electron chi connectivity index (χ1n) is 8.79. The second kappa shape index (κ2) is 8.17. The number of nitrogens with two attached hydrogens (primary N) is 1. The van der Waals surface area contributed by atoms with Gasteiger partial charge in [-0.2, -0.15) is 15.6 Å². The standard InChI is InChI=1S/C21H17N7O2/c1-26(2)18-9-8-14(11-19(18)28(29)30)10-15(12-22)20-17(13-23)21(24)27(25-20)16-6-4-3-5-7-16/h3-11H,24H2,1-2H3/b15-10-. The number of hydrogen-bond donors (Lipinski definition) is 1. The van der Waals surface area contributed by atoms with Gasteiger partial charge < -0.3 is 10.6 Å². The van der Waals surface area contributed by atoms with Gasteiger partial charge in [-0.1, -0.05) is 24.3 Å². The second-order valence-electron chi connectivity index (χ2n) is 6.54. The summed E-state index contributed by atoms with van der Waals surface area (Å²) < 4.78 is 1.39. The van der Waals surface area contributed by atoms with Gasteiger partial charge in [0.25, 0.3) is 5.69 Å². The number of nitro benzene ring substituents is 1. The van der Waals surface area contributed by atoms with Gasteiger partial charge in [0, 0.05) is 20.2 Å². The lowest BCUT2D eigenvalue weighted by atomic mass is 10.0. The van der Waals surface area contributed by atoms with Crippen LogP contribution in [0.15, 0.2) is 48.5 Å². The van der Waals surface area contributed by atoms with Crippen LogP contribution in [0.25, 0.3) is 17.3 Å². The van der Waals surface area contributed by atoms with Crippen molar-refractivity contribution in [3.8, 4) is 17.8 Å². The SMILES string of the molecule is CN(C)c1ccc(/C=C(/C#N)c2nn(-c3ccccc3)c(N)c2C#N)cc1[N+](=O)[O-]. The van der Waals surface area contributed by atoms with Crippen molar-refractivity contribution in [3.05, 3.63) is 75.5 Å². The molecular weight excluding hydrogens is 382 g/mol. The number of nitrogens with zero attached hydrogens (tertiary/aromatic N) is 6. The molecule has 3 rings (SSSR count). The highest BCUT2D eigenvalue weighted by Crippen LogP contribution is 2.31. The number of allylic oxidation sites excluding steroid dienone is 1. The number of benzene rings is 2. The number of hydrogen-bond acceptors (Lipinski definition) is 7. The lowest BCUT2D eigenvalue weighted by Crippen LogP contribution is -2.11. The van der Waals surface area contributed by atoms with Crippen LogP contribution in [0, 0.1) is 32.8 Å². The van der Waals surface area contributed by atoms with E-state index in [0.29, 0.717) is 16.9 Å². The maximum Gasteiger partial charge on any atom is 0.293 e. The Morgan fingerprint density at radius 2 is 1.93 bits per heavy atom. The maximum absolute atomic E-state index is 11.4. The monoisotopic (exact) mass is 399 g/mol. The zero-order chi connectivity index (χ0) is 21.8. The van der Waals surface area contributed by atoms with Gasteiger partial charge in [0.05, 0.1) is 16.2 Å². The molecule has 0 aliphatic heterocycles. The Kier molecular flexibility index (Phi) is 5.48. The van der Waals surface area contributed by atoms with E-state index < -0.39 is 4.92 Å². The molecule has 2 N–H and O–H groups in total. The molecule has 1 heterocycles. The summed E-state index contributed by atoms with van der Waals surface area (Å²) in [5.41, 5.74) is 7.75. The van der Waals surface area contributed by atoms with Crippen molar-refractivity contribution in [1.29, 1.82) is 10.5 Å². The Hall–Kier alpha value is -4.63. The first-order valence-corrected chi connectivity index (χ1v) is 8.79. The largest absolute Gasteiger partial charge is 0.382 e. The molecule has 9 heteroatoms. The van der Waals surface area contributed by atoms with E-state index in [1.165, 1.54) is 16.8 Å². The molecule has 0 atom stereocenters. The Bertz CT molecular complexity index is 1230. The van der Waals surface area contributed by atoms with E-state index in [9.17, 15) is 20.6 Å². The normalized spacial score (nSPS) is 10.9. The van der Waals surface area contributed by atoms with Gasteiger partial charge in [0.1, 0.15) is 34.9 Å². The number of para-hydroxylation sites is 1. The zero-order valence-corrected chi connectivity index (χ0v) is 16.3. The summed E-state index contributed by atoms with van der Waals surface area (Å²) in [5, 5.41) is 35.0. The molecule has 30 heavy (non-hydrogen) atoms. The van der Waals surface area contributed by atoms with Gasteiger partial charge in [-0.15, -0.1) is 0 Å². The number of anilines is 2. The molecule has 0 unspecified atom stereocenters. The third-order valence-corrected chi connectivity index (χ3v) is 4.40. The van der Waals surface area contributed by atoms with Gasteiger partial charge in [-0.25, -0.2) is 4.68 Å². The Balaban J connectivity index is 2.15. The Morgan fingerprint density at radius 1 is 1.23 bits per heavy atom. The molecule has 0 radical (unpaired) electrons.